The Hall–Kier alpha value is -0.0600. The molecule has 0 spiro atoms. The Morgan fingerprint density at radius 2 is 2.36 bits per heavy atom. The zero-order chi connectivity index (χ0) is 10.4. The molecular weight excluding hydrogens is 260 g/mol. The van der Waals surface area contributed by atoms with Gasteiger partial charge in [0, 0.05) is 21.7 Å². The molecule has 0 saturated carbocycles. The van der Waals surface area contributed by atoms with Crippen molar-refractivity contribution in [2.24, 2.45) is 5.73 Å². The molecule has 1 unspecified atom stereocenters. The summed E-state index contributed by atoms with van der Waals surface area (Å²) in [5, 5.41) is 0.616. The van der Waals surface area contributed by atoms with Gasteiger partial charge in [0.15, 0.2) is 0 Å². The van der Waals surface area contributed by atoms with Crippen LogP contribution in [0.5, 0.6) is 0 Å². The first-order valence-electron chi connectivity index (χ1n) is 4.64. The molecule has 2 nitrogen and oxygen atoms in total. The lowest BCUT2D eigenvalue weighted by atomic mass is 10.3. The van der Waals surface area contributed by atoms with Gasteiger partial charge in [-0.15, -0.1) is 0 Å². The zero-order valence-corrected chi connectivity index (χ0v) is 10.6. The number of nitrogens with zero attached hydrogens (tertiary/aromatic N) is 1. The van der Waals surface area contributed by atoms with Crippen LogP contribution in [0.4, 0.5) is 0 Å². The molecule has 78 valence electrons. The number of halogens is 1. The van der Waals surface area contributed by atoms with E-state index in [0.29, 0.717) is 5.25 Å². The molecule has 0 radical (unpaired) electrons. The number of thioether (sulfide) groups is 1. The van der Waals surface area contributed by atoms with Crippen molar-refractivity contribution in [2.75, 3.05) is 6.54 Å². The molecule has 0 bridgehead atoms. The molecule has 1 rings (SSSR count). The predicted molar refractivity (Wildman–Crippen MR) is 66.4 cm³/mol. The van der Waals surface area contributed by atoms with Crippen LogP contribution in [0.1, 0.15) is 19.0 Å². The van der Waals surface area contributed by atoms with Gasteiger partial charge in [0.2, 0.25) is 0 Å². The number of hydrogen-bond acceptors (Lipinski definition) is 3. The molecule has 1 aromatic rings. The summed E-state index contributed by atoms with van der Waals surface area (Å²) in [6, 6.07) is 4.07. The van der Waals surface area contributed by atoms with Crippen molar-refractivity contribution in [3.63, 3.8) is 0 Å². The minimum atomic E-state index is 0.616. The van der Waals surface area contributed by atoms with Crippen LogP contribution >= 0.6 is 27.7 Å². The molecule has 0 aliphatic carbocycles. The van der Waals surface area contributed by atoms with Gasteiger partial charge in [-0.3, -0.25) is 4.98 Å². The Morgan fingerprint density at radius 1 is 1.57 bits per heavy atom. The van der Waals surface area contributed by atoms with Crippen LogP contribution in [0.2, 0.25) is 0 Å². The van der Waals surface area contributed by atoms with E-state index in [0.717, 1.165) is 28.9 Å². The van der Waals surface area contributed by atoms with E-state index in [2.05, 4.69) is 27.8 Å². The van der Waals surface area contributed by atoms with Gasteiger partial charge in [-0.2, -0.15) is 11.8 Å². The molecule has 1 heterocycles. The molecule has 0 aromatic carbocycles. The summed E-state index contributed by atoms with van der Waals surface area (Å²) >= 11 is 5.27. The third-order valence-electron chi connectivity index (χ3n) is 1.88. The van der Waals surface area contributed by atoms with Crippen LogP contribution in [0.3, 0.4) is 0 Å². The normalized spacial score (nSPS) is 12.8. The third-order valence-corrected chi connectivity index (χ3v) is 3.61. The van der Waals surface area contributed by atoms with E-state index >= 15 is 0 Å². The van der Waals surface area contributed by atoms with E-state index in [1.807, 2.05) is 30.1 Å². The van der Waals surface area contributed by atoms with Crippen molar-refractivity contribution < 1.29 is 0 Å². The van der Waals surface area contributed by atoms with Crippen LogP contribution in [0.25, 0.3) is 0 Å². The largest absolute Gasteiger partial charge is 0.330 e. The molecule has 0 fully saturated rings. The molecule has 0 aliphatic rings. The average Bonchev–Trinajstić information content (AvgIpc) is 2.17. The topological polar surface area (TPSA) is 38.9 Å². The van der Waals surface area contributed by atoms with E-state index in [-0.39, 0.29) is 0 Å². The lowest BCUT2D eigenvalue weighted by molar-refractivity contribution is 0.822. The third kappa shape index (κ3) is 4.44. The van der Waals surface area contributed by atoms with Crippen molar-refractivity contribution in [1.29, 1.82) is 0 Å². The first-order valence-corrected chi connectivity index (χ1v) is 6.48. The van der Waals surface area contributed by atoms with E-state index in [1.54, 1.807) is 0 Å². The number of aromatic nitrogens is 1. The van der Waals surface area contributed by atoms with Crippen LogP contribution in [0, 0.1) is 0 Å². The average molecular weight is 275 g/mol. The molecule has 1 aromatic heterocycles. The highest BCUT2D eigenvalue weighted by atomic mass is 79.9. The quantitative estimate of drug-likeness (QED) is 0.898. The maximum absolute atomic E-state index is 5.48. The monoisotopic (exact) mass is 274 g/mol. The van der Waals surface area contributed by atoms with E-state index in [4.69, 9.17) is 5.73 Å². The van der Waals surface area contributed by atoms with Crippen LogP contribution in [0.15, 0.2) is 22.8 Å². The zero-order valence-electron chi connectivity index (χ0n) is 8.24. The van der Waals surface area contributed by atoms with Crippen LogP contribution in [-0.2, 0) is 5.75 Å². The molecule has 0 amide bonds. The summed E-state index contributed by atoms with van der Waals surface area (Å²) in [5.74, 6) is 0.967. The van der Waals surface area contributed by atoms with Gasteiger partial charge < -0.3 is 5.73 Å². The number of nitrogens with two attached hydrogens (primary N) is 1. The minimum Gasteiger partial charge on any atom is -0.330 e. The second-order valence-corrected chi connectivity index (χ2v) is 5.51. The second-order valence-electron chi connectivity index (χ2n) is 3.17. The van der Waals surface area contributed by atoms with Gasteiger partial charge in [-0.05, 0) is 41.0 Å². The maximum atomic E-state index is 5.48. The van der Waals surface area contributed by atoms with Gasteiger partial charge in [0.25, 0.3) is 0 Å². The van der Waals surface area contributed by atoms with Gasteiger partial charge in [0.1, 0.15) is 0 Å². The molecular formula is C10H15BrN2S. The molecule has 2 N–H and O–H groups in total. The molecule has 4 heteroatoms. The van der Waals surface area contributed by atoms with Crippen molar-refractivity contribution in [3.05, 3.63) is 28.5 Å². The first kappa shape index (κ1) is 12.0. The number of rotatable bonds is 5. The first-order chi connectivity index (χ1) is 6.72. The Balaban J connectivity index is 2.34. The Bertz CT molecular complexity index is 263. The summed E-state index contributed by atoms with van der Waals surface area (Å²) in [4.78, 5) is 4.31. The van der Waals surface area contributed by atoms with Crippen molar-refractivity contribution >= 4 is 27.7 Å². The predicted octanol–water partition coefficient (Wildman–Crippen LogP) is 2.81. The van der Waals surface area contributed by atoms with E-state index in [1.165, 1.54) is 0 Å². The number of hydrogen-bond donors (Lipinski definition) is 1. The summed E-state index contributed by atoms with van der Waals surface area (Å²) in [6.07, 6.45) is 2.91. The SMILES string of the molecule is CC(CCN)SCc1ccc(Br)cn1. The summed E-state index contributed by atoms with van der Waals surface area (Å²) in [6.45, 7) is 2.97. The van der Waals surface area contributed by atoms with Crippen molar-refractivity contribution in [1.82, 2.24) is 4.98 Å². The maximum Gasteiger partial charge on any atom is 0.0503 e. The molecule has 0 saturated heterocycles. The summed E-state index contributed by atoms with van der Waals surface area (Å²) < 4.78 is 1.03. The smallest absolute Gasteiger partial charge is 0.0503 e. The lowest BCUT2D eigenvalue weighted by Gasteiger charge is -2.08. The van der Waals surface area contributed by atoms with Gasteiger partial charge in [-0.25, -0.2) is 0 Å². The highest BCUT2D eigenvalue weighted by molar-refractivity contribution is 9.10. The molecule has 0 aliphatic heterocycles. The van der Waals surface area contributed by atoms with E-state index in [9.17, 15) is 0 Å². The minimum absolute atomic E-state index is 0.616. The Labute approximate surface area is 97.8 Å². The highest BCUT2D eigenvalue weighted by Crippen LogP contribution is 2.19. The molecule has 1 atom stereocenters. The molecule has 14 heavy (non-hydrogen) atoms. The number of pyridine rings is 1. The van der Waals surface area contributed by atoms with Gasteiger partial charge in [-0.1, -0.05) is 6.92 Å². The van der Waals surface area contributed by atoms with Crippen molar-refractivity contribution in [2.45, 2.75) is 24.3 Å². The summed E-state index contributed by atoms with van der Waals surface area (Å²) in [5.41, 5.74) is 6.61. The van der Waals surface area contributed by atoms with E-state index < -0.39 is 0 Å². The Morgan fingerprint density at radius 3 is 2.93 bits per heavy atom. The fourth-order valence-electron chi connectivity index (χ4n) is 1.04. The van der Waals surface area contributed by atoms with Crippen LogP contribution < -0.4 is 5.73 Å². The van der Waals surface area contributed by atoms with Gasteiger partial charge >= 0.3 is 0 Å². The van der Waals surface area contributed by atoms with Crippen molar-refractivity contribution in [3.8, 4) is 0 Å². The van der Waals surface area contributed by atoms with Gasteiger partial charge in [0.05, 0.1) is 5.69 Å². The fourth-order valence-corrected chi connectivity index (χ4v) is 2.20. The Kier molecular flexibility index (Phi) is 5.52. The summed E-state index contributed by atoms with van der Waals surface area (Å²) in [7, 11) is 0. The second kappa shape index (κ2) is 6.43. The lowest BCUT2D eigenvalue weighted by Crippen LogP contribution is -2.07. The standard InChI is InChI=1S/C10H15BrN2S/c1-8(4-5-12)14-7-10-3-2-9(11)6-13-10/h2-3,6,8H,4-5,7,12H2,1H3. The fraction of sp³-hybridized carbons (Fsp3) is 0.500. The highest BCUT2D eigenvalue weighted by Gasteiger charge is 2.02. The van der Waals surface area contributed by atoms with Crippen LogP contribution in [-0.4, -0.2) is 16.8 Å².